The molecular weight excluding hydrogens is 571 g/mol. The first-order valence-corrected chi connectivity index (χ1v) is 15.8. The highest BCUT2D eigenvalue weighted by Gasteiger charge is 2.40. The Bertz CT molecular complexity index is 2260. The van der Waals surface area contributed by atoms with Crippen molar-refractivity contribution in [3.8, 4) is 11.5 Å². The highest BCUT2D eigenvalue weighted by atomic mass is 31.2. The zero-order valence-electron chi connectivity index (χ0n) is 23.6. The molecule has 1 aromatic heterocycles. The van der Waals surface area contributed by atoms with E-state index in [1.807, 2.05) is 84.9 Å². The van der Waals surface area contributed by atoms with Crippen molar-refractivity contribution < 1.29 is 23.4 Å². The largest absolute Gasteiger partial charge is 0.465 e. The molecule has 0 saturated carbocycles. The van der Waals surface area contributed by atoms with Crippen LogP contribution in [-0.2, 0) is 13.8 Å². The molecule has 1 atom stereocenters. The van der Waals surface area contributed by atoms with Gasteiger partial charge in [-0.1, -0.05) is 72.8 Å². The summed E-state index contributed by atoms with van der Waals surface area (Å²) in [6.45, 7) is 0. The molecule has 0 bridgehead atoms. The molecule has 8 heteroatoms. The normalized spacial score (nSPS) is 14.1. The topological polar surface area (TPSA) is 90.5 Å². The fourth-order valence-electron chi connectivity index (χ4n) is 5.93. The van der Waals surface area contributed by atoms with Gasteiger partial charge in [-0.15, -0.1) is 0 Å². The Morgan fingerprint density at radius 3 is 2.16 bits per heavy atom. The second-order valence-corrected chi connectivity index (χ2v) is 12.9. The number of carbonyl (C=O) groups excluding carboxylic acids is 1. The van der Waals surface area contributed by atoms with Crippen LogP contribution in [-0.4, -0.2) is 23.0 Å². The highest BCUT2D eigenvalue weighted by molar-refractivity contribution is 7.74. The molecule has 8 rings (SSSR count). The van der Waals surface area contributed by atoms with Crippen LogP contribution in [0.2, 0.25) is 0 Å². The van der Waals surface area contributed by atoms with Crippen molar-refractivity contribution >= 4 is 56.8 Å². The summed E-state index contributed by atoms with van der Waals surface area (Å²) >= 11 is 0. The molecule has 0 amide bonds. The number of esters is 1. The van der Waals surface area contributed by atoms with Crippen LogP contribution in [0.1, 0.15) is 27.6 Å². The Hall–Kier alpha value is -5.23. The minimum Gasteiger partial charge on any atom is -0.465 e. The molecule has 0 spiro atoms. The van der Waals surface area contributed by atoms with Crippen LogP contribution in [0.4, 0.5) is 0 Å². The van der Waals surface area contributed by atoms with Crippen LogP contribution in [0.25, 0.3) is 32.6 Å². The molecule has 44 heavy (non-hydrogen) atoms. The van der Waals surface area contributed by atoms with E-state index >= 15 is 4.57 Å². The van der Waals surface area contributed by atoms with E-state index < -0.39 is 19.4 Å². The summed E-state index contributed by atoms with van der Waals surface area (Å²) in [6, 6.07) is 38.3. The number of ether oxygens (including phenoxy) is 2. The van der Waals surface area contributed by atoms with Crippen LogP contribution in [0.15, 0.2) is 121 Å². The molecule has 1 N–H and O–H groups in total. The lowest BCUT2D eigenvalue weighted by Crippen LogP contribution is -2.25. The summed E-state index contributed by atoms with van der Waals surface area (Å²) in [7, 11) is -2.65. The summed E-state index contributed by atoms with van der Waals surface area (Å²) < 4.78 is 33.9. The summed E-state index contributed by atoms with van der Waals surface area (Å²) in [5.74, 6) is 0.796. The van der Waals surface area contributed by atoms with E-state index in [1.54, 1.807) is 18.2 Å². The van der Waals surface area contributed by atoms with Gasteiger partial charge in [0.2, 0.25) is 0 Å². The number of methoxy groups -OCH3 is 1. The van der Waals surface area contributed by atoms with E-state index in [0.29, 0.717) is 33.4 Å². The minimum atomic E-state index is -3.98. The molecule has 0 saturated heterocycles. The van der Waals surface area contributed by atoms with Gasteiger partial charge in [0.25, 0.3) is 7.37 Å². The van der Waals surface area contributed by atoms with Crippen molar-refractivity contribution in [2.24, 2.45) is 0 Å². The van der Waals surface area contributed by atoms with Gasteiger partial charge in [0.15, 0.2) is 5.57 Å². The van der Waals surface area contributed by atoms with Gasteiger partial charge in [0.05, 0.1) is 29.0 Å². The molecule has 1 aliphatic heterocycles. The van der Waals surface area contributed by atoms with Crippen LogP contribution in [0.5, 0.6) is 11.5 Å². The Labute approximate surface area is 252 Å². The van der Waals surface area contributed by atoms with E-state index in [0.717, 1.165) is 32.7 Å². The lowest BCUT2D eigenvalue weighted by Gasteiger charge is -2.31. The van der Waals surface area contributed by atoms with E-state index in [1.165, 1.54) is 7.11 Å². The summed E-state index contributed by atoms with van der Waals surface area (Å²) in [5.41, 5.74) is 3.15. The lowest BCUT2D eigenvalue weighted by atomic mass is 9.97. The standard InChI is InChI=1S/C36H25N2O5P/c1-41-35(39)25-17-18-29-30(21-25)38-36(37-29)44(40,33-16-8-11-24-19-22-9-2-3-10-23(22)20-28(24)33)43-34-26-12-4-6-14-31(26)42-32-15-7-5-13-27(32)34/h2-21,34H,1H3,(H,37,38). The number of fused-ring (bicyclic) bond motifs is 5. The molecule has 0 aliphatic carbocycles. The minimum absolute atomic E-state index is 0.177. The molecule has 214 valence electrons. The second-order valence-electron chi connectivity index (χ2n) is 10.7. The van der Waals surface area contributed by atoms with Gasteiger partial charge in [-0.2, -0.15) is 0 Å². The number of imidazole rings is 1. The van der Waals surface area contributed by atoms with E-state index in [4.69, 9.17) is 19.0 Å². The number of hydrogen-bond acceptors (Lipinski definition) is 6. The molecular formula is C36H25N2O5P. The molecule has 1 aliphatic rings. The first-order chi connectivity index (χ1) is 21.5. The summed E-state index contributed by atoms with van der Waals surface area (Å²) in [5, 5.41) is 4.36. The van der Waals surface area contributed by atoms with Gasteiger partial charge in [-0.05, 0) is 70.1 Å². The van der Waals surface area contributed by atoms with Crippen LogP contribution in [0.3, 0.4) is 0 Å². The van der Waals surface area contributed by atoms with E-state index in [9.17, 15) is 4.79 Å². The zero-order chi connectivity index (χ0) is 29.8. The van der Waals surface area contributed by atoms with Gasteiger partial charge in [-0.25, -0.2) is 9.78 Å². The Balaban J connectivity index is 1.38. The third kappa shape index (κ3) is 4.21. The lowest BCUT2D eigenvalue weighted by molar-refractivity contribution is 0.0601. The fourth-order valence-corrected chi connectivity index (χ4v) is 8.20. The number of carbonyl (C=O) groups is 1. The monoisotopic (exact) mass is 596 g/mol. The fraction of sp³-hybridized carbons (Fsp3) is 0.0556. The predicted molar refractivity (Wildman–Crippen MR) is 172 cm³/mol. The number of H-pyrrole nitrogens is 1. The number of nitrogens with one attached hydrogen (secondary N) is 1. The maximum atomic E-state index is 15.9. The number of hydrogen-bond donors (Lipinski definition) is 1. The predicted octanol–water partition coefficient (Wildman–Crippen LogP) is 7.80. The van der Waals surface area contributed by atoms with Gasteiger partial charge < -0.3 is 19.0 Å². The van der Waals surface area contributed by atoms with Crippen LogP contribution >= 0.6 is 7.37 Å². The van der Waals surface area contributed by atoms with Crippen molar-refractivity contribution in [3.05, 3.63) is 138 Å². The molecule has 0 radical (unpaired) electrons. The van der Waals surface area contributed by atoms with Gasteiger partial charge in [0.1, 0.15) is 17.6 Å². The van der Waals surface area contributed by atoms with Crippen molar-refractivity contribution in [3.63, 3.8) is 0 Å². The van der Waals surface area contributed by atoms with E-state index in [-0.39, 0.29) is 5.57 Å². The second kappa shape index (κ2) is 10.2. The number of nitrogens with zero attached hydrogens (tertiary/aromatic N) is 1. The SMILES string of the molecule is COC(=O)c1ccc2[nH]c(P(=O)(OC3c4ccccc4Oc4ccccc43)c3cccc4cc5ccccc5cc34)nc2c1. The highest BCUT2D eigenvalue weighted by Crippen LogP contribution is 2.55. The van der Waals surface area contributed by atoms with E-state index in [2.05, 4.69) is 23.2 Å². The molecule has 7 aromatic rings. The zero-order valence-corrected chi connectivity index (χ0v) is 24.5. The molecule has 0 fully saturated rings. The maximum absolute atomic E-state index is 15.9. The first kappa shape index (κ1) is 26.4. The Morgan fingerprint density at radius 1 is 0.773 bits per heavy atom. The number of para-hydroxylation sites is 2. The molecule has 1 unspecified atom stereocenters. The quantitative estimate of drug-likeness (QED) is 0.124. The third-order valence-electron chi connectivity index (χ3n) is 8.09. The third-order valence-corrected chi connectivity index (χ3v) is 10.4. The van der Waals surface area contributed by atoms with Gasteiger partial charge in [0, 0.05) is 11.1 Å². The average molecular weight is 597 g/mol. The van der Waals surface area contributed by atoms with Gasteiger partial charge in [-0.3, -0.25) is 4.57 Å². The average Bonchev–Trinajstić information content (AvgIpc) is 3.51. The number of benzene rings is 6. The number of rotatable bonds is 5. The van der Waals surface area contributed by atoms with Crippen molar-refractivity contribution in [2.75, 3.05) is 7.11 Å². The molecule has 2 heterocycles. The van der Waals surface area contributed by atoms with Crippen molar-refractivity contribution in [2.45, 2.75) is 6.10 Å². The molecule has 6 aromatic carbocycles. The maximum Gasteiger partial charge on any atom is 0.337 e. The van der Waals surface area contributed by atoms with Crippen LogP contribution in [0, 0.1) is 0 Å². The van der Waals surface area contributed by atoms with Crippen molar-refractivity contribution in [1.82, 2.24) is 9.97 Å². The Kier molecular flexibility index (Phi) is 6.12. The summed E-state index contributed by atoms with van der Waals surface area (Å²) in [4.78, 5) is 20.4. The summed E-state index contributed by atoms with van der Waals surface area (Å²) in [6.07, 6.45) is -0.712. The van der Waals surface area contributed by atoms with Crippen LogP contribution < -0.4 is 15.6 Å². The first-order valence-electron chi connectivity index (χ1n) is 14.2. The number of aromatic nitrogens is 2. The Morgan fingerprint density at radius 2 is 1.43 bits per heavy atom. The van der Waals surface area contributed by atoms with Crippen molar-refractivity contribution in [1.29, 1.82) is 0 Å². The molecule has 7 nitrogen and oxygen atoms in total. The van der Waals surface area contributed by atoms with Gasteiger partial charge >= 0.3 is 5.97 Å². The smallest absolute Gasteiger partial charge is 0.337 e. The number of aromatic amines is 1.